The monoisotopic (exact) mass is 492 g/mol. The molecule has 0 radical (unpaired) electrons. The van der Waals surface area contributed by atoms with E-state index in [0.29, 0.717) is 19.8 Å². The van der Waals surface area contributed by atoms with Crippen LogP contribution in [0.1, 0.15) is 61.3 Å². The molecule has 3 aliphatic rings. The minimum atomic E-state index is -0.459. The lowest BCUT2D eigenvalue weighted by Crippen LogP contribution is -2.49. The van der Waals surface area contributed by atoms with Gasteiger partial charge in [-0.15, -0.1) is 0 Å². The number of amides is 1. The number of carbonyl (C=O) groups excluding carboxylic acids is 1. The first-order valence-corrected chi connectivity index (χ1v) is 12.7. The van der Waals surface area contributed by atoms with Crippen molar-refractivity contribution in [3.8, 4) is 6.07 Å². The molecule has 2 bridgehead atoms. The number of nitrogens with one attached hydrogen (secondary N) is 2. The van der Waals surface area contributed by atoms with Crippen molar-refractivity contribution < 1.29 is 19.0 Å². The van der Waals surface area contributed by atoms with Crippen LogP contribution < -0.4 is 5.32 Å². The third-order valence-electron chi connectivity index (χ3n) is 7.12. The van der Waals surface area contributed by atoms with E-state index in [0.717, 1.165) is 32.1 Å². The summed E-state index contributed by atoms with van der Waals surface area (Å²) in [6.45, 7) is 1.35. The van der Waals surface area contributed by atoms with E-state index in [1.54, 1.807) is 14.2 Å². The molecule has 1 aromatic rings. The Bertz CT molecular complexity index is 1070. The Balaban J connectivity index is 1.49. The third kappa shape index (κ3) is 6.22. The minimum Gasteiger partial charge on any atom is -0.381 e. The zero-order valence-electron chi connectivity index (χ0n) is 21.2. The van der Waals surface area contributed by atoms with Gasteiger partial charge >= 0.3 is 0 Å². The number of aromatic nitrogens is 2. The Morgan fingerprint density at radius 3 is 2.64 bits per heavy atom. The van der Waals surface area contributed by atoms with Crippen LogP contribution in [0.5, 0.6) is 0 Å². The minimum absolute atomic E-state index is 0.134. The second kappa shape index (κ2) is 11.8. The van der Waals surface area contributed by atoms with Crippen LogP contribution in [0.2, 0.25) is 0 Å². The number of nitriles is 1. The summed E-state index contributed by atoms with van der Waals surface area (Å²) in [7, 11) is 3.42. The average Bonchev–Trinajstić information content (AvgIpc) is 3.47. The quantitative estimate of drug-likeness (QED) is 0.355. The third-order valence-corrected chi connectivity index (χ3v) is 7.12. The van der Waals surface area contributed by atoms with Gasteiger partial charge < -0.3 is 24.5 Å². The summed E-state index contributed by atoms with van der Waals surface area (Å²) in [4.78, 5) is 19.0. The van der Waals surface area contributed by atoms with E-state index in [4.69, 9.17) is 19.5 Å². The predicted molar refractivity (Wildman–Crippen MR) is 136 cm³/mol. The van der Waals surface area contributed by atoms with Crippen molar-refractivity contribution in [2.75, 3.05) is 34.0 Å². The fourth-order valence-corrected chi connectivity index (χ4v) is 5.53. The number of ether oxygens (including phenoxy) is 3. The number of hydrogen-bond acceptors (Lipinski definition) is 6. The summed E-state index contributed by atoms with van der Waals surface area (Å²) in [5.74, 6) is 0.0546. The summed E-state index contributed by atoms with van der Waals surface area (Å²) in [5.41, 5.74) is 2.08. The molecule has 1 aliphatic carbocycles. The number of rotatable bonds is 11. The summed E-state index contributed by atoms with van der Waals surface area (Å²) in [5, 5.41) is 11.8. The maximum Gasteiger partial charge on any atom is 0.287 e. The highest BCUT2D eigenvalue weighted by Gasteiger charge is 2.52. The van der Waals surface area contributed by atoms with Crippen molar-refractivity contribution in [1.82, 2.24) is 15.3 Å². The Morgan fingerprint density at radius 1 is 1.28 bits per heavy atom. The zero-order valence-corrected chi connectivity index (χ0v) is 21.2. The predicted octanol–water partition coefficient (Wildman–Crippen LogP) is 4.15. The average molecular weight is 493 g/mol. The normalized spacial score (nSPS) is 27.8. The first-order chi connectivity index (χ1) is 17.5. The number of allylic oxidation sites excluding steroid dienone is 5. The van der Waals surface area contributed by atoms with Gasteiger partial charge in [0.1, 0.15) is 23.0 Å². The molecule has 0 aromatic carbocycles. The summed E-state index contributed by atoms with van der Waals surface area (Å²) in [6, 6.07) is 1.94. The van der Waals surface area contributed by atoms with Crippen molar-refractivity contribution in [2.24, 2.45) is 5.92 Å². The van der Waals surface area contributed by atoms with Gasteiger partial charge in [-0.1, -0.05) is 42.0 Å². The number of nitrogens with zero attached hydrogens (tertiary/aromatic N) is 2. The van der Waals surface area contributed by atoms with Gasteiger partial charge in [-0.3, -0.25) is 4.79 Å². The number of H-pyrrole nitrogens is 1. The standard InChI is InChI=1S/C28H36N4O4/c1-34-19-27-12-13-28(36-27,20-35-2)16-23(15-27)22(11-10-21-7-4-3-5-8-21)9-6-14-30-26(33)25-31-18-24(17-29)32-25/h6-7,9,11-13,18,23H,3-5,8,10,14-16,19-20H2,1-2H3,(H,30,33)(H,31,32)/b9-6-,22-11+/t23?,27-,28?/m0/s1. The summed E-state index contributed by atoms with van der Waals surface area (Å²) in [6.07, 6.45) is 21.9. The molecule has 2 unspecified atom stereocenters. The van der Waals surface area contributed by atoms with Crippen LogP contribution in [-0.4, -0.2) is 61.1 Å². The summed E-state index contributed by atoms with van der Waals surface area (Å²) >= 11 is 0. The molecule has 2 N–H and O–H groups in total. The maximum atomic E-state index is 12.4. The van der Waals surface area contributed by atoms with Gasteiger partial charge in [-0.05, 0) is 56.4 Å². The van der Waals surface area contributed by atoms with Gasteiger partial charge in [0.2, 0.25) is 0 Å². The molecular formula is C28H36N4O4. The van der Waals surface area contributed by atoms with Crippen LogP contribution in [0.25, 0.3) is 0 Å². The molecule has 1 aromatic heterocycles. The topological polar surface area (TPSA) is 109 Å². The molecule has 3 heterocycles. The van der Waals surface area contributed by atoms with Crippen molar-refractivity contribution in [3.05, 3.63) is 65.3 Å². The van der Waals surface area contributed by atoms with Gasteiger partial charge in [0.25, 0.3) is 5.91 Å². The number of fused-ring (bicyclic) bond motifs is 2. The Labute approximate surface area is 213 Å². The van der Waals surface area contributed by atoms with Crippen molar-refractivity contribution in [3.63, 3.8) is 0 Å². The molecule has 8 nitrogen and oxygen atoms in total. The molecule has 2 aliphatic heterocycles. The van der Waals surface area contributed by atoms with Gasteiger partial charge in [-0.25, -0.2) is 4.98 Å². The second-order valence-electron chi connectivity index (χ2n) is 9.92. The van der Waals surface area contributed by atoms with Crippen LogP contribution in [0.3, 0.4) is 0 Å². The van der Waals surface area contributed by atoms with Crippen molar-refractivity contribution >= 4 is 5.91 Å². The molecule has 8 heteroatoms. The molecule has 0 saturated carbocycles. The number of aromatic amines is 1. The van der Waals surface area contributed by atoms with E-state index in [2.05, 4.69) is 45.7 Å². The van der Waals surface area contributed by atoms with E-state index in [9.17, 15) is 4.79 Å². The highest BCUT2D eigenvalue weighted by molar-refractivity contribution is 5.90. The van der Waals surface area contributed by atoms with Gasteiger partial charge in [0, 0.05) is 20.8 Å². The van der Waals surface area contributed by atoms with Crippen molar-refractivity contribution in [1.29, 1.82) is 5.26 Å². The van der Waals surface area contributed by atoms with E-state index < -0.39 is 11.2 Å². The number of hydrogen-bond donors (Lipinski definition) is 2. The molecule has 192 valence electrons. The van der Waals surface area contributed by atoms with E-state index >= 15 is 0 Å². The van der Waals surface area contributed by atoms with Crippen LogP contribution in [-0.2, 0) is 14.2 Å². The fourth-order valence-electron chi connectivity index (χ4n) is 5.53. The van der Waals surface area contributed by atoms with Gasteiger partial charge in [-0.2, -0.15) is 5.26 Å². The van der Waals surface area contributed by atoms with Crippen molar-refractivity contribution in [2.45, 2.75) is 56.1 Å². The van der Waals surface area contributed by atoms with Crippen LogP contribution in [0, 0.1) is 17.2 Å². The number of methoxy groups -OCH3 is 2. The van der Waals surface area contributed by atoms with Gasteiger partial charge in [0.05, 0.1) is 19.4 Å². The van der Waals surface area contributed by atoms with Crippen LogP contribution in [0.4, 0.5) is 0 Å². The second-order valence-corrected chi connectivity index (χ2v) is 9.92. The van der Waals surface area contributed by atoms with E-state index in [1.165, 1.54) is 30.2 Å². The lowest BCUT2D eigenvalue weighted by molar-refractivity contribution is -0.175. The molecule has 4 rings (SSSR count). The van der Waals surface area contributed by atoms with E-state index in [-0.39, 0.29) is 23.3 Å². The first kappa shape index (κ1) is 26.1. The molecule has 0 spiro atoms. The number of imidazole rings is 1. The SMILES string of the molecule is COCC12C=C[C@@](COC)(CC(C(/C=C\CNC(=O)c3ncc(C#N)[nH]3)=C/CC3=CCCCC3)C1)O2. The zero-order chi connectivity index (χ0) is 25.4. The van der Waals surface area contributed by atoms with Crippen LogP contribution >= 0.6 is 0 Å². The Kier molecular flexibility index (Phi) is 8.57. The van der Waals surface area contributed by atoms with Crippen LogP contribution in [0.15, 0.2) is 53.8 Å². The van der Waals surface area contributed by atoms with E-state index in [1.807, 2.05) is 12.1 Å². The summed E-state index contributed by atoms with van der Waals surface area (Å²) < 4.78 is 17.6. The number of carbonyl (C=O) groups is 1. The molecule has 1 amide bonds. The highest BCUT2D eigenvalue weighted by atomic mass is 16.6. The Morgan fingerprint density at radius 2 is 2.03 bits per heavy atom. The Hall–Kier alpha value is -2.99. The van der Waals surface area contributed by atoms with Gasteiger partial charge in [0.15, 0.2) is 5.82 Å². The largest absolute Gasteiger partial charge is 0.381 e. The lowest BCUT2D eigenvalue weighted by atomic mass is 9.78. The smallest absolute Gasteiger partial charge is 0.287 e. The molecule has 1 saturated heterocycles. The molecule has 3 atom stereocenters. The maximum absolute atomic E-state index is 12.4. The molecule has 36 heavy (non-hydrogen) atoms. The molecule has 1 fully saturated rings. The fraction of sp³-hybridized carbons (Fsp3) is 0.536. The lowest BCUT2D eigenvalue weighted by Gasteiger charge is -2.44. The highest BCUT2D eigenvalue weighted by Crippen LogP contribution is 2.48. The molecular weight excluding hydrogens is 456 g/mol. The first-order valence-electron chi connectivity index (χ1n) is 12.7.